The van der Waals surface area contributed by atoms with E-state index >= 15 is 0 Å². The first-order chi connectivity index (χ1) is 6.70. The minimum Gasteiger partial charge on any atom is -0.467 e. The smallest absolute Gasteiger partial charge is 0.342 e. The summed E-state index contributed by atoms with van der Waals surface area (Å²) in [6.45, 7) is 0. The van der Waals surface area contributed by atoms with E-state index in [9.17, 15) is 9.59 Å². The van der Waals surface area contributed by atoms with Crippen molar-refractivity contribution >= 4 is 11.8 Å². The average Bonchev–Trinajstić information content (AvgIpc) is 2.71. The molecule has 14 heavy (non-hydrogen) atoms. The highest BCUT2D eigenvalue weighted by Gasteiger charge is 2.34. The quantitative estimate of drug-likeness (QED) is 0.500. The SMILES string of the molecule is COC(=O)C(OC)C(=O)C1CCCC1. The lowest BCUT2D eigenvalue weighted by molar-refractivity contribution is -0.158. The third-order valence-electron chi connectivity index (χ3n) is 2.67. The Morgan fingerprint density at radius 1 is 1.21 bits per heavy atom. The largest absolute Gasteiger partial charge is 0.467 e. The fraction of sp³-hybridized carbons (Fsp3) is 0.800. The standard InChI is InChI=1S/C10H16O4/c1-13-9(10(12)14-2)8(11)7-5-3-4-6-7/h7,9H,3-6H2,1-2H3. The van der Waals surface area contributed by atoms with Gasteiger partial charge in [-0.05, 0) is 12.8 Å². The number of ketones is 1. The topological polar surface area (TPSA) is 52.6 Å². The van der Waals surface area contributed by atoms with Crippen LogP contribution in [0.2, 0.25) is 0 Å². The summed E-state index contributed by atoms with van der Waals surface area (Å²) in [6, 6.07) is 0. The second-order valence-corrected chi connectivity index (χ2v) is 3.52. The Bertz CT molecular complexity index is 218. The maximum atomic E-state index is 11.8. The van der Waals surface area contributed by atoms with Gasteiger partial charge in [0.2, 0.25) is 6.10 Å². The van der Waals surface area contributed by atoms with Gasteiger partial charge in [-0.3, -0.25) is 4.79 Å². The molecule has 1 rings (SSSR count). The van der Waals surface area contributed by atoms with Crippen LogP contribution in [0.25, 0.3) is 0 Å². The van der Waals surface area contributed by atoms with Gasteiger partial charge in [-0.1, -0.05) is 12.8 Å². The van der Waals surface area contributed by atoms with E-state index < -0.39 is 12.1 Å². The van der Waals surface area contributed by atoms with Crippen molar-refractivity contribution in [1.29, 1.82) is 0 Å². The molecule has 0 aliphatic heterocycles. The zero-order valence-corrected chi connectivity index (χ0v) is 8.62. The number of rotatable bonds is 4. The predicted octanol–water partition coefficient (Wildman–Crippen LogP) is 0.934. The molecule has 0 aromatic heterocycles. The Morgan fingerprint density at radius 2 is 1.79 bits per heavy atom. The molecule has 0 N–H and O–H groups in total. The molecule has 0 spiro atoms. The summed E-state index contributed by atoms with van der Waals surface area (Å²) in [5.74, 6) is -0.736. The highest BCUT2D eigenvalue weighted by atomic mass is 16.6. The van der Waals surface area contributed by atoms with Crippen LogP contribution in [-0.2, 0) is 19.1 Å². The monoisotopic (exact) mass is 200 g/mol. The van der Waals surface area contributed by atoms with Crippen molar-refractivity contribution in [3.8, 4) is 0 Å². The lowest BCUT2D eigenvalue weighted by Crippen LogP contribution is -2.36. The summed E-state index contributed by atoms with van der Waals surface area (Å²) in [6.07, 6.45) is 2.84. The second kappa shape index (κ2) is 5.10. The Hall–Kier alpha value is -0.900. The third-order valence-corrected chi connectivity index (χ3v) is 2.67. The molecule has 0 radical (unpaired) electrons. The van der Waals surface area contributed by atoms with E-state index in [1.165, 1.54) is 14.2 Å². The van der Waals surface area contributed by atoms with E-state index in [1.807, 2.05) is 0 Å². The van der Waals surface area contributed by atoms with Crippen LogP contribution in [0.5, 0.6) is 0 Å². The van der Waals surface area contributed by atoms with Crippen molar-refractivity contribution in [2.24, 2.45) is 5.92 Å². The molecule has 4 nitrogen and oxygen atoms in total. The first-order valence-corrected chi connectivity index (χ1v) is 4.85. The van der Waals surface area contributed by atoms with E-state index in [2.05, 4.69) is 4.74 Å². The summed E-state index contributed by atoms with van der Waals surface area (Å²) in [7, 11) is 2.62. The molecule has 1 atom stereocenters. The normalized spacial score (nSPS) is 19.3. The molecule has 1 aliphatic rings. The number of hydrogen-bond donors (Lipinski definition) is 0. The van der Waals surface area contributed by atoms with Crippen LogP contribution in [0, 0.1) is 5.92 Å². The number of carbonyl (C=O) groups is 2. The van der Waals surface area contributed by atoms with Crippen LogP contribution in [0.4, 0.5) is 0 Å². The first kappa shape index (κ1) is 11.2. The maximum Gasteiger partial charge on any atom is 0.342 e. The highest BCUT2D eigenvalue weighted by Crippen LogP contribution is 2.27. The van der Waals surface area contributed by atoms with E-state index in [0.29, 0.717) is 0 Å². The van der Waals surface area contributed by atoms with Gasteiger partial charge in [0.05, 0.1) is 7.11 Å². The summed E-state index contributed by atoms with van der Waals surface area (Å²) >= 11 is 0. The van der Waals surface area contributed by atoms with Gasteiger partial charge >= 0.3 is 5.97 Å². The molecule has 0 amide bonds. The Labute approximate surface area is 83.6 Å². The van der Waals surface area contributed by atoms with Crippen LogP contribution < -0.4 is 0 Å². The number of Topliss-reactive ketones (excluding diaryl/α,β-unsaturated/α-hetero) is 1. The minimum absolute atomic E-state index is 0.0148. The van der Waals surface area contributed by atoms with Gasteiger partial charge in [0, 0.05) is 13.0 Å². The molecular weight excluding hydrogens is 184 g/mol. The van der Waals surface area contributed by atoms with E-state index in [1.54, 1.807) is 0 Å². The zero-order chi connectivity index (χ0) is 10.6. The predicted molar refractivity (Wildman–Crippen MR) is 49.8 cm³/mol. The Balaban J connectivity index is 2.59. The fourth-order valence-electron chi connectivity index (χ4n) is 1.86. The molecule has 0 aromatic carbocycles. The van der Waals surface area contributed by atoms with Gasteiger partial charge < -0.3 is 9.47 Å². The summed E-state index contributed by atoms with van der Waals surface area (Å²) in [5, 5.41) is 0. The van der Waals surface area contributed by atoms with Crippen molar-refractivity contribution in [3.05, 3.63) is 0 Å². The lowest BCUT2D eigenvalue weighted by atomic mass is 9.98. The average molecular weight is 200 g/mol. The summed E-state index contributed by atoms with van der Waals surface area (Å²) in [4.78, 5) is 22.9. The highest BCUT2D eigenvalue weighted by molar-refractivity contribution is 6.03. The van der Waals surface area contributed by atoms with Crippen LogP contribution >= 0.6 is 0 Å². The van der Waals surface area contributed by atoms with Crippen LogP contribution in [0.1, 0.15) is 25.7 Å². The fourth-order valence-corrected chi connectivity index (χ4v) is 1.86. The van der Waals surface area contributed by atoms with Gasteiger partial charge in [0.25, 0.3) is 0 Å². The molecular formula is C10H16O4. The molecule has 0 saturated heterocycles. The number of ether oxygens (including phenoxy) is 2. The molecule has 0 bridgehead atoms. The molecule has 80 valence electrons. The molecule has 0 aromatic rings. The number of esters is 1. The number of hydrogen-bond acceptors (Lipinski definition) is 4. The first-order valence-electron chi connectivity index (χ1n) is 4.85. The molecule has 1 unspecified atom stereocenters. The Kier molecular flexibility index (Phi) is 4.07. The molecule has 4 heteroatoms. The minimum atomic E-state index is -1.02. The van der Waals surface area contributed by atoms with Crippen molar-refractivity contribution in [1.82, 2.24) is 0 Å². The molecule has 1 saturated carbocycles. The van der Waals surface area contributed by atoms with Gasteiger partial charge in [0.15, 0.2) is 5.78 Å². The Morgan fingerprint density at radius 3 is 2.21 bits per heavy atom. The van der Waals surface area contributed by atoms with E-state index in [-0.39, 0.29) is 11.7 Å². The summed E-state index contributed by atoms with van der Waals surface area (Å²) < 4.78 is 9.35. The van der Waals surface area contributed by atoms with Crippen molar-refractivity contribution in [2.45, 2.75) is 31.8 Å². The van der Waals surface area contributed by atoms with Crippen LogP contribution in [0.15, 0.2) is 0 Å². The van der Waals surface area contributed by atoms with Crippen molar-refractivity contribution in [2.75, 3.05) is 14.2 Å². The molecule has 1 fully saturated rings. The third kappa shape index (κ3) is 2.32. The zero-order valence-electron chi connectivity index (χ0n) is 8.62. The summed E-state index contributed by atoms with van der Waals surface area (Å²) in [5.41, 5.74) is 0. The molecule has 1 aliphatic carbocycles. The number of methoxy groups -OCH3 is 2. The van der Waals surface area contributed by atoms with E-state index in [4.69, 9.17) is 4.74 Å². The number of carbonyl (C=O) groups excluding carboxylic acids is 2. The van der Waals surface area contributed by atoms with Gasteiger partial charge in [-0.2, -0.15) is 0 Å². The maximum absolute atomic E-state index is 11.8. The molecule has 0 heterocycles. The lowest BCUT2D eigenvalue weighted by Gasteiger charge is -2.15. The van der Waals surface area contributed by atoms with Crippen molar-refractivity contribution < 1.29 is 19.1 Å². The second-order valence-electron chi connectivity index (χ2n) is 3.52. The van der Waals surface area contributed by atoms with Crippen LogP contribution in [-0.4, -0.2) is 32.1 Å². The van der Waals surface area contributed by atoms with Crippen LogP contribution in [0.3, 0.4) is 0 Å². The van der Waals surface area contributed by atoms with Gasteiger partial charge in [-0.15, -0.1) is 0 Å². The van der Waals surface area contributed by atoms with Crippen molar-refractivity contribution in [3.63, 3.8) is 0 Å². The van der Waals surface area contributed by atoms with Gasteiger partial charge in [-0.25, -0.2) is 4.79 Å². The van der Waals surface area contributed by atoms with E-state index in [0.717, 1.165) is 25.7 Å². The van der Waals surface area contributed by atoms with Gasteiger partial charge in [0.1, 0.15) is 0 Å².